The summed E-state index contributed by atoms with van der Waals surface area (Å²) in [7, 11) is 1.66. The average molecular weight is 461 g/mol. The predicted octanol–water partition coefficient (Wildman–Crippen LogP) is 2.17. The highest BCUT2D eigenvalue weighted by Gasteiger charge is 2.43. The van der Waals surface area contributed by atoms with E-state index in [1.54, 1.807) is 57.9 Å². The quantitative estimate of drug-likeness (QED) is 0.675. The first-order valence-corrected chi connectivity index (χ1v) is 11.1. The third-order valence-corrected chi connectivity index (χ3v) is 6.03. The number of pyridine rings is 2. The van der Waals surface area contributed by atoms with Crippen molar-refractivity contribution >= 4 is 11.5 Å². The van der Waals surface area contributed by atoms with Gasteiger partial charge in [-0.15, -0.1) is 0 Å². The first kappa shape index (κ1) is 23.6. The van der Waals surface area contributed by atoms with Gasteiger partial charge in [0.2, 0.25) is 5.85 Å². The Morgan fingerprint density at radius 3 is 2.68 bits per heavy atom. The minimum atomic E-state index is -0.917. The molecule has 1 amide bonds. The molecular weight excluding hydrogens is 432 g/mol. The minimum absolute atomic E-state index is 0.299. The third kappa shape index (κ3) is 4.56. The van der Waals surface area contributed by atoms with Crippen LogP contribution in [-0.4, -0.2) is 60.0 Å². The van der Waals surface area contributed by atoms with Crippen molar-refractivity contribution in [3.05, 3.63) is 77.6 Å². The number of aromatic nitrogens is 2. The zero-order valence-corrected chi connectivity index (χ0v) is 19.5. The first-order valence-electron chi connectivity index (χ1n) is 11.1. The van der Waals surface area contributed by atoms with Crippen LogP contribution in [0.5, 0.6) is 0 Å². The second-order valence-corrected chi connectivity index (χ2v) is 8.61. The molecular formula is C25H28N6O3. The third-order valence-electron chi connectivity index (χ3n) is 6.03. The number of hydrogen-bond acceptors (Lipinski definition) is 8. The largest absolute Gasteiger partial charge is 0.379 e. The molecule has 1 atom stereocenters. The van der Waals surface area contributed by atoms with Crippen molar-refractivity contribution in [1.29, 1.82) is 5.26 Å². The van der Waals surface area contributed by atoms with Gasteiger partial charge in [-0.1, -0.05) is 0 Å². The van der Waals surface area contributed by atoms with Gasteiger partial charge in [-0.2, -0.15) is 5.26 Å². The number of nitrogens with zero attached hydrogens (tertiary/aromatic N) is 4. The van der Waals surface area contributed by atoms with Gasteiger partial charge < -0.3 is 20.1 Å². The predicted molar refractivity (Wildman–Crippen MR) is 126 cm³/mol. The molecule has 4 heterocycles. The van der Waals surface area contributed by atoms with E-state index in [1.165, 1.54) is 0 Å². The molecule has 0 saturated carbocycles. The molecule has 2 aliphatic heterocycles. The van der Waals surface area contributed by atoms with Crippen LogP contribution in [0.25, 0.3) is 5.57 Å². The van der Waals surface area contributed by atoms with Crippen LogP contribution in [0, 0.1) is 11.3 Å². The molecule has 9 heteroatoms. The van der Waals surface area contributed by atoms with Crippen LogP contribution in [0.2, 0.25) is 0 Å². The Morgan fingerprint density at radius 2 is 2.00 bits per heavy atom. The van der Waals surface area contributed by atoms with Gasteiger partial charge in [0.15, 0.2) is 0 Å². The normalized spacial score (nSPS) is 21.0. The molecule has 1 unspecified atom stereocenters. The Morgan fingerprint density at radius 1 is 1.26 bits per heavy atom. The number of nitriles is 1. The fourth-order valence-electron chi connectivity index (χ4n) is 4.04. The molecule has 2 N–H and O–H groups in total. The van der Waals surface area contributed by atoms with Gasteiger partial charge >= 0.3 is 0 Å². The van der Waals surface area contributed by atoms with E-state index in [1.807, 2.05) is 18.2 Å². The van der Waals surface area contributed by atoms with Crippen LogP contribution in [-0.2, 0) is 14.9 Å². The van der Waals surface area contributed by atoms with E-state index >= 15 is 0 Å². The summed E-state index contributed by atoms with van der Waals surface area (Å²) < 4.78 is 11.6. The number of carbonyl (C=O) groups is 1. The lowest BCUT2D eigenvalue weighted by Crippen LogP contribution is -2.63. The van der Waals surface area contributed by atoms with Gasteiger partial charge in [0.1, 0.15) is 0 Å². The first-order chi connectivity index (χ1) is 16.4. The fourth-order valence-corrected chi connectivity index (χ4v) is 4.04. The smallest absolute Gasteiger partial charge is 0.255 e. The number of methoxy groups -OCH3 is 1. The molecule has 9 nitrogen and oxygen atoms in total. The summed E-state index contributed by atoms with van der Waals surface area (Å²) in [6.45, 7) is 6.12. The van der Waals surface area contributed by atoms with E-state index in [-0.39, 0.29) is 5.91 Å². The molecule has 0 aromatic carbocycles. The highest BCUT2D eigenvalue weighted by Crippen LogP contribution is 2.35. The molecule has 0 bridgehead atoms. The lowest BCUT2D eigenvalue weighted by molar-refractivity contribution is -0.136. The number of hydrogen-bond donors (Lipinski definition) is 2. The maximum absolute atomic E-state index is 13.1. The Bertz CT molecular complexity index is 1150. The van der Waals surface area contributed by atoms with Crippen LogP contribution in [0.4, 0.5) is 0 Å². The number of carbonyl (C=O) groups excluding carboxylic acids is 1. The summed E-state index contributed by atoms with van der Waals surface area (Å²) in [4.78, 5) is 23.6. The standard InChI is InChI=1S/C25H28N6O3/c1-24(2,17-26)22-14-19(6-9-28-22)23(32)30-20-15-21(18-4-7-27-8-5-18)25(33-3,29-16-20)31-10-12-34-13-11-31/h4-9,14-16,29H,10-13H2,1-3H3,(H,30,32). The van der Waals surface area contributed by atoms with Crippen LogP contribution in [0.1, 0.15) is 35.5 Å². The molecule has 1 fully saturated rings. The molecule has 4 rings (SSSR count). The number of nitrogens with one attached hydrogen (secondary N) is 2. The van der Waals surface area contributed by atoms with E-state index in [0.29, 0.717) is 43.3 Å². The average Bonchev–Trinajstić information content (AvgIpc) is 2.90. The van der Waals surface area contributed by atoms with E-state index in [9.17, 15) is 10.1 Å². The number of amides is 1. The van der Waals surface area contributed by atoms with E-state index in [2.05, 4.69) is 31.6 Å². The van der Waals surface area contributed by atoms with Crippen molar-refractivity contribution in [2.24, 2.45) is 0 Å². The molecule has 0 radical (unpaired) electrons. The number of dihydropyridines is 1. The molecule has 2 aliphatic rings. The van der Waals surface area contributed by atoms with Gasteiger partial charge in [-0.25, -0.2) is 4.90 Å². The van der Waals surface area contributed by atoms with E-state index in [4.69, 9.17) is 9.47 Å². The molecule has 2 aromatic heterocycles. The van der Waals surface area contributed by atoms with Gasteiger partial charge in [-0.05, 0) is 49.8 Å². The van der Waals surface area contributed by atoms with Crippen molar-refractivity contribution < 1.29 is 14.3 Å². The lowest BCUT2D eigenvalue weighted by Gasteiger charge is -2.47. The summed E-state index contributed by atoms with van der Waals surface area (Å²) in [6.07, 6.45) is 8.64. The summed E-state index contributed by atoms with van der Waals surface area (Å²) >= 11 is 0. The molecule has 34 heavy (non-hydrogen) atoms. The molecule has 0 aliphatic carbocycles. The molecule has 0 spiro atoms. The number of rotatable bonds is 6. The number of morpholine rings is 1. The van der Waals surface area contributed by atoms with Gasteiger partial charge in [-0.3, -0.25) is 14.8 Å². The fraction of sp³-hybridized carbons (Fsp3) is 0.360. The van der Waals surface area contributed by atoms with Gasteiger partial charge in [0.05, 0.1) is 36.1 Å². The highest BCUT2D eigenvalue weighted by atomic mass is 16.5. The van der Waals surface area contributed by atoms with Gasteiger partial charge in [0.25, 0.3) is 5.91 Å². The van der Waals surface area contributed by atoms with Crippen LogP contribution < -0.4 is 10.6 Å². The lowest BCUT2D eigenvalue weighted by atomic mass is 9.90. The zero-order valence-electron chi connectivity index (χ0n) is 19.5. The highest BCUT2D eigenvalue weighted by molar-refractivity contribution is 5.96. The Balaban J connectivity index is 1.65. The second kappa shape index (κ2) is 9.73. The van der Waals surface area contributed by atoms with Crippen molar-refractivity contribution in [2.75, 3.05) is 33.4 Å². The second-order valence-electron chi connectivity index (χ2n) is 8.61. The summed E-state index contributed by atoms with van der Waals surface area (Å²) in [5.41, 5.74) is 2.50. The van der Waals surface area contributed by atoms with Crippen molar-refractivity contribution in [3.8, 4) is 6.07 Å². The Hall–Kier alpha value is -3.58. The topological polar surface area (TPSA) is 112 Å². The summed E-state index contributed by atoms with van der Waals surface area (Å²) in [5.74, 6) is -1.22. The van der Waals surface area contributed by atoms with Crippen molar-refractivity contribution in [2.45, 2.75) is 25.1 Å². The monoisotopic (exact) mass is 460 g/mol. The van der Waals surface area contributed by atoms with Gasteiger partial charge in [0, 0.05) is 56.1 Å². The minimum Gasteiger partial charge on any atom is -0.379 e. The SMILES string of the molecule is COC1(N2CCOCC2)NC=C(NC(=O)c2ccnc(C(C)(C)C#N)c2)C=C1c1ccncc1. The van der Waals surface area contributed by atoms with E-state index in [0.717, 1.165) is 11.1 Å². The Labute approximate surface area is 199 Å². The number of allylic oxidation sites excluding steroid dienone is 1. The zero-order chi connectivity index (χ0) is 24.2. The van der Waals surface area contributed by atoms with Crippen molar-refractivity contribution in [3.63, 3.8) is 0 Å². The summed E-state index contributed by atoms with van der Waals surface area (Å²) in [5, 5.41) is 15.7. The van der Waals surface area contributed by atoms with Crippen LogP contribution in [0.3, 0.4) is 0 Å². The summed E-state index contributed by atoms with van der Waals surface area (Å²) in [6, 6.07) is 9.31. The molecule has 2 aromatic rings. The van der Waals surface area contributed by atoms with Crippen molar-refractivity contribution in [1.82, 2.24) is 25.5 Å². The van der Waals surface area contributed by atoms with E-state index < -0.39 is 11.3 Å². The van der Waals surface area contributed by atoms with Crippen LogP contribution >= 0.6 is 0 Å². The Kier molecular flexibility index (Phi) is 6.75. The maximum Gasteiger partial charge on any atom is 0.255 e. The number of ether oxygens (including phenoxy) is 2. The molecule has 176 valence electrons. The molecule has 1 saturated heterocycles. The van der Waals surface area contributed by atoms with Crippen LogP contribution in [0.15, 0.2) is 60.8 Å². The maximum atomic E-state index is 13.1.